The highest BCUT2D eigenvalue weighted by Crippen LogP contribution is 2.18. The van der Waals surface area contributed by atoms with Crippen LogP contribution in [0.4, 0.5) is 0 Å². The molecule has 1 fully saturated rings. The Bertz CT molecular complexity index is 254. The van der Waals surface area contributed by atoms with E-state index in [4.69, 9.17) is 11.6 Å². The van der Waals surface area contributed by atoms with Gasteiger partial charge in [0.2, 0.25) is 10.0 Å². The molecule has 0 amide bonds. The highest BCUT2D eigenvalue weighted by Gasteiger charge is 2.26. The van der Waals surface area contributed by atoms with Crippen molar-refractivity contribution in [2.45, 2.75) is 37.8 Å². The van der Waals surface area contributed by atoms with Crippen molar-refractivity contribution in [3.63, 3.8) is 0 Å². The Hall–Kier alpha value is 0.160. The minimum absolute atomic E-state index is 0.350. The van der Waals surface area contributed by atoms with Crippen molar-refractivity contribution >= 4 is 21.6 Å². The summed E-state index contributed by atoms with van der Waals surface area (Å²) >= 11 is 5.23. The summed E-state index contributed by atoms with van der Waals surface area (Å²) in [5.74, 6) is 0. The summed E-state index contributed by atoms with van der Waals surface area (Å²) in [6.45, 7) is 0. The fourth-order valence-electron chi connectivity index (χ4n) is 1.51. The first-order valence-electron chi connectivity index (χ1n) is 4.29. The molecule has 6 heteroatoms. The zero-order chi connectivity index (χ0) is 9.90. The molecule has 0 saturated heterocycles. The third kappa shape index (κ3) is 3.42. The number of hydrogen-bond donors (Lipinski definition) is 2. The molecular weight excluding hydrogens is 214 g/mol. The van der Waals surface area contributed by atoms with Gasteiger partial charge in [0.05, 0.1) is 6.10 Å². The van der Waals surface area contributed by atoms with Gasteiger partial charge in [-0.1, -0.05) is 12.8 Å². The van der Waals surface area contributed by atoms with Gasteiger partial charge in [0.1, 0.15) is 5.21 Å². The van der Waals surface area contributed by atoms with E-state index in [1.807, 2.05) is 0 Å². The molecule has 13 heavy (non-hydrogen) atoms. The van der Waals surface area contributed by atoms with Crippen molar-refractivity contribution in [1.29, 1.82) is 0 Å². The average Bonchev–Trinajstić information content (AvgIpc) is 2.09. The fourth-order valence-corrected chi connectivity index (χ4v) is 2.50. The summed E-state index contributed by atoms with van der Waals surface area (Å²) in [4.78, 5) is 0. The Morgan fingerprint density at radius 2 is 2.00 bits per heavy atom. The zero-order valence-corrected chi connectivity index (χ0v) is 8.81. The molecule has 0 spiro atoms. The Morgan fingerprint density at radius 1 is 1.38 bits per heavy atom. The van der Waals surface area contributed by atoms with Crippen LogP contribution < -0.4 is 4.72 Å². The fraction of sp³-hybridized carbons (Fsp3) is 1.00. The van der Waals surface area contributed by atoms with Crippen LogP contribution in [0.25, 0.3) is 0 Å². The molecule has 0 heterocycles. The third-order valence-corrected chi connectivity index (χ3v) is 4.02. The topological polar surface area (TPSA) is 66.4 Å². The van der Waals surface area contributed by atoms with E-state index in [0.29, 0.717) is 12.8 Å². The molecule has 78 valence electrons. The van der Waals surface area contributed by atoms with Crippen LogP contribution in [0.15, 0.2) is 0 Å². The molecule has 2 unspecified atom stereocenters. The highest BCUT2D eigenvalue weighted by atomic mass is 35.5. The summed E-state index contributed by atoms with van der Waals surface area (Å²) < 4.78 is 24.5. The van der Waals surface area contributed by atoms with E-state index in [1.54, 1.807) is 0 Å². The number of nitrogens with one attached hydrogen (secondary N) is 1. The monoisotopic (exact) mass is 227 g/mol. The Balaban J connectivity index is 2.52. The van der Waals surface area contributed by atoms with Crippen LogP contribution in [0.1, 0.15) is 25.7 Å². The lowest BCUT2D eigenvalue weighted by molar-refractivity contribution is 0.101. The SMILES string of the molecule is O=S(=O)(CCl)NC1CCCCC1O. The summed E-state index contributed by atoms with van der Waals surface area (Å²) in [6, 6.07) is -0.350. The Labute approximate surface area is 83.3 Å². The number of hydrogen-bond acceptors (Lipinski definition) is 3. The van der Waals surface area contributed by atoms with E-state index >= 15 is 0 Å². The van der Waals surface area contributed by atoms with Gasteiger partial charge in [0, 0.05) is 6.04 Å². The van der Waals surface area contributed by atoms with E-state index in [1.165, 1.54) is 0 Å². The summed E-state index contributed by atoms with van der Waals surface area (Å²) in [5, 5.41) is 9.01. The van der Waals surface area contributed by atoms with Gasteiger partial charge in [0.25, 0.3) is 0 Å². The zero-order valence-electron chi connectivity index (χ0n) is 7.24. The molecule has 0 radical (unpaired) electrons. The maximum atomic E-state index is 11.1. The second-order valence-corrected chi connectivity index (χ2v) is 5.64. The molecule has 0 aromatic heterocycles. The van der Waals surface area contributed by atoms with Gasteiger partial charge < -0.3 is 5.11 Å². The first-order chi connectivity index (χ1) is 6.05. The van der Waals surface area contributed by atoms with E-state index in [-0.39, 0.29) is 6.04 Å². The third-order valence-electron chi connectivity index (χ3n) is 2.20. The molecule has 0 aromatic rings. The second kappa shape index (κ2) is 4.59. The highest BCUT2D eigenvalue weighted by molar-refractivity contribution is 7.90. The number of aliphatic hydroxyl groups excluding tert-OH is 1. The lowest BCUT2D eigenvalue weighted by Crippen LogP contribution is -2.45. The quantitative estimate of drug-likeness (QED) is 0.687. The van der Waals surface area contributed by atoms with Crippen LogP contribution in [-0.2, 0) is 10.0 Å². The van der Waals surface area contributed by atoms with Crippen LogP contribution in [0.2, 0.25) is 0 Å². The number of aliphatic hydroxyl groups is 1. The van der Waals surface area contributed by atoms with Crippen LogP contribution >= 0.6 is 11.6 Å². The molecular formula is C7H14ClNO3S. The number of halogens is 1. The van der Waals surface area contributed by atoms with Gasteiger partial charge in [-0.25, -0.2) is 13.1 Å². The first kappa shape index (κ1) is 11.2. The maximum absolute atomic E-state index is 11.1. The van der Waals surface area contributed by atoms with Crippen LogP contribution in [0.3, 0.4) is 0 Å². The Morgan fingerprint density at radius 3 is 2.54 bits per heavy atom. The summed E-state index contributed by atoms with van der Waals surface area (Å²) in [7, 11) is -3.40. The van der Waals surface area contributed by atoms with Crippen molar-refractivity contribution in [2.24, 2.45) is 0 Å². The standard InChI is InChI=1S/C7H14ClNO3S/c8-5-13(11,12)9-6-3-1-2-4-7(6)10/h6-7,9-10H,1-5H2. The minimum Gasteiger partial charge on any atom is -0.391 e. The van der Waals surface area contributed by atoms with Gasteiger partial charge >= 0.3 is 0 Å². The molecule has 2 atom stereocenters. The molecule has 1 aliphatic carbocycles. The molecule has 1 rings (SSSR count). The summed E-state index contributed by atoms with van der Waals surface area (Å²) in [6.07, 6.45) is 2.70. The molecule has 0 bridgehead atoms. The van der Waals surface area contributed by atoms with E-state index in [0.717, 1.165) is 12.8 Å². The average molecular weight is 228 g/mol. The van der Waals surface area contributed by atoms with Crippen molar-refractivity contribution < 1.29 is 13.5 Å². The van der Waals surface area contributed by atoms with Gasteiger partial charge in [-0.15, -0.1) is 11.6 Å². The van der Waals surface area contributed by atoms with Crippen molar-refractivity contribution in [2.75, 3.05) is 5.21 Å². The van der Waals surface area contributed by atoms with Crippen LogP contribution in [0.5, 0.6) is 0 Å². The van der Waals surface area contributed by atoms with Crippen molar-refractivity contribution in [1.82, 2.24) is 4.72 Å². The smallest absolute Gasteiger partial charge is 0.225 e. The van der Waals surface area contributed by atoms with E-state index in [2.05, 4.69) is 4.72 Å². The summed E-state index contributed by atoms with van der Waals surface area (Å²) in [5.41, 5.74) is 0. The van der Waals surface area contributed by atoms with Crippen molar-refractivity contribution in [3.8, 4) is 0 Å². The van der Waals surface area contributed by atoms with Crippen LogP contribution in [-0.4, -0.2) is 30.9 Å². The molecule has 2 N–H and O–H groups in total. The lowest BCUT2D eigenvalue weighted by Gasteiger charge is -2.27. The molecule has 0 aromatic carbocycles. The van der Waals surface area contributed by atoms with E-state index < -0.39 is 21.3 Å². The van der Waals surface area contributed by atoms with Gasteiger partial charge in [0.15, 0.2) is 0 Å². The molecule has 1 saturated carbocycles. The van der Waals surface area contributed by atoms with Gasteiger partial charge in [-0.3, -0.25) is 0 Å². The van der Waals surface area contributed by atoms with E-state index in [9.17, 15) is 13.5 Å². The number of rotatable bonds is 3. The minimum atomic E-state index is -3.40. The second-order valence-electron chi connectivity index (χ2n) is 3.30. The molecule has 0 aliphatic heterocycles. The Kier molecular flexibility index (Phi) is 3.97. The number of sulfonamides is 1. The predicted octanol–water partition coefficient (Wildman–Crippen LogP) is 0.406. The number of alkyl halides is 1. The largest absolute Gasteiger partial charge is 0.391 e. The van der Waals surface area contributed by atoms with Gasteiger partial charge in [-0.2, -0.15) is 0 Å². The molecule has 1 aliphatic rings. The lowest BCUT2D eigenvalue weighted by atomic mass is 9.93. The predicted molar refractivity (Wildman–Crippen MR) is 51.0 cm³/mol. The van der Waals surface area contributed by atoms with Gasteiger partial charge in [-0.05, 0) is 12.8 Å². The first-order valence-corrected chi connectivity index (χ1v) is 6.48. The normalized spacial score (nSPS) is 30.3. The van der Waals surface area contributed by atoms with Crippen molar-refractivity contribution in [3.05, 3.63) is 0 Å². The van der Waals surface area contributed by atoms with Crippen LogP contribution in [0, 0.1) is 0 Å². The maximum Gasteiger partial charge on any atom is 0.225 e. The molecule has 4 nitrogen and oxygen atoms in total.